The number of nitrogens with one attached hydrogen (secondary N) is 1. The second-order valence-electron chi connectivity index (χ2n) is 8.05. The molecule has 10 nitrogen and oxygen atoms in total. The fraction of sp³-hybridized carbons (Fsp3) is 0.0800. The Balaban J connectivity index is 1.50. The number of nitrogens with zero attached hydrogens (tertiary/aromatic N) is 5. The van der Waals surface area contributed by atoms with E-state index in [1.165, 1.54) is 21.6 Å². The Bertz CT molecular complexity index is 1660. The van der Waals surface area contributed by atoms with Gasteiger partial charge in [0.15, 0.2) is 5.69 Å². The number of carbonyl (C=O) groups excluding carboxylic acids is 2. The predicted octanol–water partition coefficient (Wildman–Crippen LogP) is 2.55. The van der Waals surface area contributed by atoms with E-state index >= 15 is 0 Å². The van der Waals surface area contributed by atoms with Gasteiger partial charge in [-0.15, -0.1) is 0 Å². The lowest BCUT2D eigenvalue weighted by atomic mass is 10.0. The number of amides is 2. The summed E-state index contributed by atoms with van der Waals surface area (Å²) in [4.78, 5) is 41.1. The summed E-state index contributed by atoms with van der Waals surface area (Å²) in [5, 5.41) is 6.77. The van der Waals surface area contributed by atoms with E-state index in [4.69, 9.17) is 5.73 Å². The lowest BCUT2D eigenvalue weighted by molar-refractivity contribution is 0.0995. The zero-order chi connectivity index (χ0) is 24.7. The molecule has 0 fully saturated rings. The number of hydrogen-bond acceptors (Lipinski definition) is 5. The van der Waals surface area contributed by atoms with Crippen LogP contribution in [0.15, 0.2) is 78.2 Å². The highest BCUT2D eigenvalue weighted by Gasteiger charge is 2.18. The fourth-order valence-corrected chi connectivity index (χ4v) is 4.04. The van der Waals surface area contributed by atoms with Gasteiger partial charge in [0.1, 0.15) is 6.33 Å². The predicted molar refractivity (Wildman–Crippen MR) is 131 cm³/mol. The van der Waals surface area contributed by atoms with E-state index in [0.717, 1.165) is 16.7 Å². The molecular weight excluding hydrogens is 446 g/mol. The molecule has 5 aromatic rings. The summed E-state index contributed by atoms with van der Waals surface area (Å²) in [7, 11) is 1.60. The van der Waals surface area contributed by atoms with E-state index in [0.29, 0.717) is 22.5 Å². The van der Waals surface area contributed by atoms with Crippen LogP contribution in [0.4, 0.5) is 5.69 Å². The van der Waals surface area contributed by atoms with Crippen molar-refractivity contribution in [3.05, 3.63) is 101 Å². The zero-order valence-electron chi connectivity index (χ0n) is 19.0. The van der Waals surface area contributed by atoms with Gasteiger partial charge in [-0.05, 0) is 48.4 Å². The summed E-state index contributed by atoms with van der Waals surface area (Å²) in [6.45, 7) is 1.93. The maximum atomic E-state index is 13.1. The van der Waals surface area contributed by atoms with Crippen molar-refractivity contribution in [2.45, 2.75) is 6.92 Å². The topological polar surface area (TPSA) is 129 Å². The van der Waals surface area contributed by atoms with Crippen LogP contribution in [0.3, 0.4) is 0 Å². The molecule has 10 heteroatoms. The second kappa shape index (κ2) is 8.41. The Hall–Kier alpha value is -4.99. The summed E-state index contributed by atoms with van der Waals surface area (Å²) >= 11 is 0. The molecule has 0 saturated carbocycles. The molecule has 5 rings (SSSR count). The molecule has 0 spiro atoms. The molecule has 0 saturated heterocycles. The van der Waals surface area contributed by atoms with Crippen LogP contribution in [-0.4, -0.2) is 35.5 Å². The molecule has 3 N–H and O–H groups in total. The third-order valence-electron chi connectivity index (χ3n) is 5.84. The number of fused-ring (bicyclic) bond motifs is 1. The van der Waals surface area contributed by atoms with Gasteiger partial charge < -0.3 is 15.5 Å². The molecule has 174 valence electrons. The molecule has 3 heterocycles. The first-order chi connectivity index (χ1) is 16.8. The van der Waals surface area contributed by atoms with Crippen LogP contribution in [0.1, 0.15) is 26.4 Å². The number of benzene rings is 2. The average molecular weight is 467 g/mol. The van der Waals surface area contributed by atoms with Crippen LogP contribution in [0.25, 0.3) is 22.3 Å². The van der Waals surface area contributed by atoms with E-state index < -0.39 is 11.8 Å². The van der Waals surface area contributed by atoms with Crippen molar-refractivity contribution >= 4 is 23.0 Å². The Morgan fingerprint density at radius 2 is 1.86 bits per heavy atom. The molecule has 0 bridgehead atoms. The minimum absolute atomic E-state index is 0.230. The minimum Gasteiger partial charge on any atom is -0.366 e. The Kier molecular flexibility index (Phi) is 5.25. The van der Waals surface area contributed by atoms with Crippen molar-refractivity contribution in [2.24, 2.45) is 12.8 Å². The van der Waals surface area contributed by atoms with Crippen molar-refractivity contribution in [3.8, 4) is 16.8 Å². The monoisotopic (exact) mass is 467 g/mol. The molecule has 3 aromatic heterocycles. The normalized spacial score (nSPS) is 11.0. The number of rotatable bonds is 5. The first-order valence-electron chi connectivity index (χ1n) is 10.7. The van der Waals surface area contributed by atoms with E-state index in [1.54, 1.807) is 37.6 Å². The van der Waals surface area contributed by atoms with Gasteiger partial charge in [0, 0.05) is 42.5 Å². The molecule has 0 aliphatic heterocycles. The second-order valence-corrected chi connectivity index (χ2v) is 8.05. The van der Waals surface area contributed by atoms with Gasteiger partial charge in [-0.1, -0.05) is 18.2 Å². The van der Waals surface area contributed by atoms with Crippen LogP contribution in [0.2, 0.25) is 0 Å². The SMILES string of the molecule is Cc1c(-c2ccc(-n3cnn(C)c3=O)cc2)cn2ccnc(C(=O)Nc3cccc(C(N)=O)c3)c12. The quantitative estimate of drug-likeness (QED) is 0.410. The Morgan fingerprint density at radius 1 is 1.09 bits per heavy atom. The summed E-state index contributed by atoms with van der Waals surface area (Å²) in [6, 6.07) is 13.9. The van der Waals surface area contributed by atoms with Crippen LogP contribution >= 0.6 is 0 Å². The fourth-order valence-electron chi connectivity index (χ4n) is 4.04. The van der Waals surface area contributed by atoms with Crippen LogP contribution in [-0.2, 0) is 7.05 Å². The maximum Gasteiger partial charge on any atom is 0.350 e. The van der Waals surface area contributed by atoms with Crippen LogP contribution in [0.5, 0.6) is 0 Å². The summed E-state index contributed by atoms with van der Waals surface area (Å²) < 4.78 is 4.58. The number of hydrogen-bond donors (Lipinski definition) is 2. The van der Waals surface area contributed by atoms with E-state index in [1.807, 2.05) is 41.8 Å². The van der Waals surface area contributed by atoms with E-state index in [9.17, 15) is 14.4 Å². The first kappa shape index (κ1) is 21.8. The average Bonchev–Trinajstić information content (AvgIpc) is 3.38. The summed E-state index contributed by atoms with van der Waals surface area (Å²) in [5.41, 5.74) is 10.2. The molecule has 0 aliphatic carbocycles. The zero-order valence-corrected chi connectivity index (χ0v) is 19.0. The van der Waals surface area contributed by atoms with Crippen molar-refractivity contribution in [1.82, 2.24) is 23.7 Å². The van der Waals surface area contributed by atoms with Gasteiger partial charge in [-0.2, -0.15) is 5.10 Å². The summed E-state index contributed by atoms with van der Waals surface area (Å²) in [6.07, 6.45) is 6.75. The molecule has 2 amide bonds. The maximum absolute atomic E-state index is 13.1. The smallest absolute Gasteiger partial charge is 0.350 e. The molecule has 35 heavy (non-hydrogen) atoms. The third-order valence-corrected chi connectivity index (χ3v) is 5.84. The van der Waals surface area contributed by atoms with Gasteiger partial charge in [0.2, 0.25) is 5.91 Å². The van der Waals surface area contributed by atoms with Crippen molar-refractivity contribution in [1.29, 1.82) is 0 Å². The van der Waals surface area contributed by atoms with Crippen molar-refractivity contribution in [2.75, 3.05) is 5.32 Å². The van der Waals surface area contributed by atoms with Gasteiger partial charge in [-0.25, -0.2) is 19.0 Å². The van der Waals surface area contributed by atoms with Crippen molar-refractivity contribution in [3.63, 3.8) is 0 Å². The molecule has 0 radical (unpaired) electrons. The number of aryl methyl sites for hydroxylation is 2. The third kappa shape index (κ3) is 3.86. The highest BCUT2D eigenvalue weighted by molar-refractivity contribution is 6.09. The van der Waals surface area contributed by atoms with Gasteiger partial charge in [0.05, 0.1) is 11.2 Å². The minimum atomic E-state index is -0.576. The van der Waals surface area contributed by atoms with Crippen LogP contribution in [0, 0.1) is 6.92 Å². The van der Waals surface area contributed by atoms with Crippen LogP contribution < -0.4 is 16.7 Å². The molecular formula is C25H21N7O3. The number of primary amides is 1. The first-order valence-corrected chi connectivity index (χ1v) is 10.7. The van der Waals surface area contributed by atoms with Gasteiger partial charge in [-0.3, -0.25) is 9.59 Å². The Morgan fingerprint density at radius 3 is 2.54 bits per heavy atom. The number of aromatic nitrogens is 5. The highest BCUT2D eigenvalue weighted by atomic mass is 16.2. The number of anilines is 1. The summed E-state index contributed by atoms with van der Waals surface area (Å²) in [5.74, 6) is -0.982. The Labute approximate surface area is 199 Å². The number of carbonyl (C=O) groups is 2. The lowest BCUT2D eigenvalue weighted by Crippen LogP contribution is -2.21. The molecule has 0 unspecified atom stereocenters. The van der Waals surface area contributed by atoms with Gasteiger partial charge >= 0.3 is 5.69 Å². The largest absolute Gasteiger partial charge is 0.366 e. The lowest BCUT2D eigenvalue weighted by Gasteiger charge is -2.08. The van der Waals surface area contributed by atoms with Crippen molar-refractivity contribution < 1.29 is 9.59 Å². The van der Waals surface area contributed by atoms with E-state index in [-0.39, 0.29) is 11.4 Å². The molecule has 0 aliphatic rings. The molecule has 2 aromatic carbocycles. The van der Waals surface area contributed by atoms with E-state index in [2.05, 4.69) is 15.4 Å². The molecule has 0 atom stereocenters. The number of nitrogens with two attached hydrogens (primary N) is 1. The highest BCUT2D eigenvalue weighted by Crippen LogP contribution is 2.30. The van der Waals surface area contributed by atoms with Gasteiger partial charge in [0.25, 0.3) is 5.91 Å². The standard InChI is InChI=1S/C25H21N7O3/c1-15-20(16-6-8-19(9-7-16)32-14-28-30(2)25(32)35)13-31-11-10-27-21(22(15)31)24(34)29-18-5-3-4-17(12-18)23(26)33/h3-14H,1-2H3,(H2,26,33)(H,29,34).